The summed E-state index contributed by atoms with van der Waals surface area (Å²) in [6.45, 7) is 5.14. The highest BCUT2D eigenvalue weighted by molar-refractivity contribution is 7.13. The summed E-state index contributed by atoms with van der Waals surface area (Å²) in [7, 11) is 1.38. The summed E-state index contributed by atoms with van der Waals surface area (Å²) in [5, 5.41) is 14.0. The second-order valence-corrected chi connectivity index (χ2v) is 7.11. The molecule has 0 bridgehead atoms. The Labute approximate surface area is 156 Å². The van der Waals surface area contributed by atoms with Crippen LogP contribution in [-0.2, 0) is 9.53 Å². The van der Waals surface area contributed by atoms with Crippen LogP contribution in [0, 0.1) is 0 Å². The van der Waals surface area contributed by atoms with Crippen LogP contribution in [0.3, 0.4) is 0 Å². The van der Waals surface area contributed by atoms with E-state index < -0.39 is 17.4 Å². The van der Waals surface area contributed by atoms with Gasteiger partial charge in [0, 0.05) is 18.1 Å². The van der Waals surface area contributed by atoms with Gasteiger partial charge in [-0.15, -0.1) is 11.3 Å². The van der Waals surface area contributed by atoms with E-state index in [0.717, 1.165) is 11.3 Å². The number of aromatic nitrogens is 1. The SMILES string of the molecule is COCC(C)(NC(=O)c1csc(-c2ccc(OC(C)C)cc2)n1)C(=O)O. The summed E-state index contributed by atoms with van der Waals surface area (Å²) in [6, 6.07) is 7.42. The molecule has 1 heterocycles. The lowest BCUT2D eigenvalue weighted by Gasteiger charge is -2.24. The van der Waals surface area contributed by atoms with Gasteiger partial charge in [-0.1, -0.05) is 0 Å². The van der Waals surface area contributed by atoms with E-state index in [9.17, 15) is 14.7 Å². The molecule has 0 fully saturated rings. The van der Waals surface area contributed by atoms with Crippen LogP contribution in [0.4, 0.5) is 0 Å². The first-order valence-corrected chi connectivity index (χ1v) is 8.90. The largest absolute Gasteiger partial charge is 0.491 e. The van der Waals surface area contributed by atoms with Crippen LogP contribution in [0.15, 0.2) is 29.6 Å². The number of ether oxygens (including phenoxy) is 2. The number of rotatable bonds is 8. The second-order valence-electron chi connectivity index (χ2n) is 6.25. The molecule has 0 saturated heterocycles. The van der Waals surface area contributed by atoms with Crippen molar-refractivity contribution in [3.05, 3.63) is 35.3 Å². The van der Waals surface area contributed by atoms with Crippen LogP contribution >= 0.6 is 11.3 Å². The monoisotopic (exact) mass is 378 g/mol. The zero-order valence-corrected chi connectivity index (χ0v) is 15.9. The van der Waals surface area contributed by atoms with Gasteiger partial charge in [0.2, 0.25) is 0 Å². The van der Waals surface area contributed by atoms with Crippen molar-refractivity contribution < 1.29 is 24.2 Å². The summed E-state index contributed by atoms with van der Waals surface area (Å²) < 4.78 is 10.5. The number of nitrogens with zero attached hydrogens (tertiary/aromatic N) is 1. The number of nitrogens with one attached hydrogen (secondary N) is 1. The molecular weight excluding hydrogens is 356 g/mol. The fourth-order valence-corrected chi connectivity index (χ4v) is 3.02. The molecule has 1 unspecified atom stereocenters. The molecule has 2 aromatic rings. The maximum absolute atomic E-state index is 12.4. The molecule has 0 radical (unpaired) electrons. The Hall–Kier alpha value is -2.45. The Morgan fingerprint density at radius 2 is 1.96 bits per heavy atom. The maximum atomic E-state index is 12.4. The lowest BCUT2D eigenvalue weighted by molar-refractivity contribution is -0.145. The van der Waals surface area contributed by atoms with E-state index in [1.165, 1.54) is 25.4 Å². The second kappa shape index (κ2) is 8.29. The van der Waals surface area contributed by atoms with Crippen LogP contribution in [0.5, 0.6) is 5.75 Å². The van der Waals surface area contributed by atoms with Crippen molar-refractivity contribution >= 4 is 23.2 Å². The lowest BCUT2D eigenvalue weighted by atomic mass is 10.0. The highest BCUT2D eigenvalue weighted by atomic mass is 32.1. The number of carboxylic acids is 1. The van der Waals surface area contributed by atoms with Gasteiger partial charge < -0.3 is 19.9 Å². The number of carbonyl (C=O) groups excluding carboxylic acids is 1. The molecule has 0 spiro atoms. The molecule has 1 aromatic heterocycles. The average Bonchev–Trinajstić information content (AvgIpc) is 3.05. The summed E-state index contributed by atoms with van der Waals surface area (Å²) >= 11 is 1.31. The number of hydrogen-bond donors (Lipinski definition) is 2. The normalized spacial score (nSPS) is 13.3. The minimum Gasteiger partial charge on any atom is -0.491 e. The van der Waals surface area contributed by atoms with Crippen molar-refractivity contribution in [2.45, 2.75) is 32.4 Å². The minimum absolute atomic E-state index is 0.0895. The molecule has 1 atom stereocenters. The Balaban J connectivity index is 2.13. The number of amides is 1. The number of carboxylic acid groups (broad SMARTS) is 1. The Kier molecular flexibility index (Phi) is 6.33. The fraction of sp³-hybridized carbons (Fsp3) is 0.389. The van der Waals surface area contributed by atoms with Gasteiger partial charge in [0.15, 0.2) is 5.54 Å². The number of methoxy groups -OCH3 is 1. The van der Waals surface area contributed by atoms with Crippen molar-refractivity contribution in [2.24, 2.45) is 0 Å². The van der Waals surface area contributed by atoms with Gasteiger partial charge in [0.1, 0.15) is 16.5 Å². The predicted octanol–water partition coefficient (Wildman–Crippen LogP) is 2.82. The predicted molar refractivity (Wildman–Crippen MR) is 98.7 cm³/mol. The first-order valence-electron chi connectivity index (χ1n) is 8.02. The third kappa shape index (κ3) is 4.80. The highest BCUT2D eigenvalue weighted by Crippen LogP contribution is 2.26. The number of carbonyl (C=O) groups is 2. The van der Waals surface area contributed by atoms with Crippen molar-refractivity contribution in [3.8, 4) is 16.3 Å². The average molecular weight is 378 g/mol. The molecule has 26 heavy (non-hydrogen) atoms. The van der Waals surface area contributed by atoms with Gasteiger partial charge in [-0.05, 0) is 45.0 Å². The fourth-order valence-electron chi connectivity index (χ4n) is 2.21. The first kappa shape index (κ1) is 19.9. The smallest absolute Gasteiger partial charge is 0.331 e. The van der Waals surface area contributed by atoms with Gasteiger partial charge in [0.05, 0.1) is 12.7 Å². The highest BCUT2D eigenvalue weighted by Gasteiger charge is 2.35. The van der Waals surface area contributed by atoms with Gasteiger partial charge in [-0.3, -0.25) is 4.79 Å². The molecule has 0 saturated carbocycles. The van der Waals surface area contributed by atoms with E-state index in [0.29, 0.717) is 5.01 Å². The van der Waals surface area contributed by atoms with Gasteiger partial charge in [-0.25, -0.2) is 9.78 Å². The lowest BCUT2D eigenvalue weighted by Crippen LogP contribution is -2.55. The molecule has 2 N–H and O–H groups in total. The van der Waals surface area contributed by atoms with E-state index >= 15 is 0 Å². The summed E-state index contributed by atoms with van der Waals surface area (Å²) in [6.07, 6.45) is 0.0895. The molecule has 0 aliphatic rings. The standard InChI is InChI=1S/C18H22N2O5S/c1-11(2)25-13-7-5-12(6-8-13)16-19-14(9-26-16)15(21)20-18(3,10-24-4)17(22)23/h5-9,11H,10H2,1-4H3,(H,20,21)(H,22,23). The third-order valence-corrected chi connectivity index (χ3v) is 4.40. The first-order chi connectivity index (χ1) is 12.2. The van der Waals surface area contributed by atoms with Crippen molar-refractivity contribution in [2.75, 3.05) is 13.7 Å². The summed E-state index contributed by atoms with van der Waals surface area (Å²) in [5.74, 6) is -0.979. The maximum Gasteiger partial charge on any atom is 0.331 e. The molecule has 7 nitrogen and oxygen atoms in total. The van der Waals surface area contributed by atoms with Crippen LogP contribution in [-0.4, -0.2) is 47.3 Å². The number of thiazole rings is 1. The molecule has 140 valence electrons. The van der Waals surface area contributed by atoms with E-state index in [1.807, 2.05) is 38.1 Å². The molecule has 1 amide bonds. The summed E-state index contributed by atoms with van der Waals surface area (Å²) in [4.78, 5) is 28.0. The van der Waals surface area contributed by atoms with E-state index in [1.54, 1.807) is 5.38 Å². The number of aliphatic carboxylic acids is 1. The van der Waals surface area contributed by atoms with Crippen LogP contribution in [0.2, 0.25) is 0 Å². The van der Waals surface area contributed by atoms with Crippen molar-refractivity contribution in [1.82, 2.24) is 10.3 Å². The van der Waals surface area contributed by atoms with Crippen LogP contribution in [0.1, 0.15) is 31.3 Å². The topological polar surface area (TPSA) is 97.8 Å². The van der Waals surface area contributed by atoms with E-state index in [2.05, 4.69) is 10.3 Å². The zero-order chi connectivity index (χ0) is 19.3. The third-order valence-electron chi connectivity index (χ3n) is 3.50. The Morgan fingerprint density at radius 3 is 2.50 bits per heavy atom. The Morgan fingerprint density at radius 1 is 1.31 bits per heavy atom. The zero-order valence-electron chi connectivity index (χ0n) is 15.1. The number of benzene rings is 1. The van der Waals surface area contributed by atoms with E-state index in [4.69, 9.17) is 9.47 Å². The Bertz CT molecular complexity index is 772. The van der Waals surface area contributed by atoms with Gasteiger partial charge in [-0.2, -0.15) is 0 Å². The van der Waals surface area contributed by atoms with Gasteiger partial charge in [0.25, 0.3) is 5.91 Å². The van der Waals surface area contributed by atoms with Crippen molar-refractivity contribution in [1.29, 1.82) is 0 Å². The van der Waals surface area contributed by atoms with Gasteiger partial charge >= 0.3 is 5.97 Å². The number of hydrogen-bond acceptors (Lipinski definition) is 6. The summed E-state index contributed by atoms with van der Waals surface area (Å²) in [5.41, 5.74) is -0.509. The van der Waals surface area contributed by atoms with Crippen LogP contribution in [0.25, 0.3) is 10.6 Å². The minimum atomic E-state index is -1.52. The quantitative estimate of drug-likeness (QED) is 0.733. The molecule has 0 aliphatic carbocycles. The molecule has 1 aromatic carbocycles. The molecular formula is C18H22N2O5S. The molecule has 8 heteroatoms. The molecule has 0 aliphatic heterocycles. The molecule has 2 rings (SSSR count). The van der Waals surface area contributed by atoms with Crippen molar-refractivity contribution in [3.63, 3.8) is 0 Å². The van der Waals surface area contributed by atoms with E-state index in [-0.39, 0.29) is 18.4 Å². The van der Waals surface area contributed by atoms with Crippen LogP contribution < -0.4 is 10.1 Å².